The summed E-state index contributed by atoms with van der Waals surface area (Å²) in [5.41, 5.74) is 0. The van der Waals surface area contributed by atoms with E-state index in [0.717, 1.165) is 0 Å². The molecule has 14 heteroatoms. The number of rotatable bonds is 8. The predicted molar refractivity (Wildman–Crippen MR) is 90.6 cm³/mol. The van der Waals surface area contributed by atoms with Crippen LogP contribution >= 0.6 is 0 Å². The van der Waals surface area contributed by atoms with Crippen molar-refractivity contribution in [2.24, 2.45) is 5.92 Å². The lowest BCUT2D eigenvalue weighted by Gasteiger charge is -2.22. The number of carboxylic acid groups (broad SMARTS) is 2. The summed E-state index contributed by atoms with van der Waals surface area (Å²) in [6.07, 6.45) is -12.5. The van der Waals surface area contributed by atoms with Gasteiger partial charge in [-0.25, -0.2) is 19.2 Å². The zero-order valence-corrected chi connectivity index (χ0v) is 16.4. The van der Waals surface area contributed by atoms with Crippen LogP contribution in [-0.4, -0.2) is 58.7 Å². The van der Waals surface area contributed by atoms with Crippen molar-refractivity contribution >= 4 is 23.9 Å². The number of carbonyl (C=O) groups excluding carboxylic acids is 2. The lowest BCUT2D eigenvalue weighted by molar-refractivity contribution is -0.228. The topological polar surface area (TPSA) is 127 Å². The summed E-state index contributed by atoms with van der Waals surface area (Å²) in [4.78, 5) is 41.5. The van der Waals surface area contributed by atoms with E-state index in [1.54, 1.807) is 0 Å². The molecule has 2 unspecified atom stereocenters. The molecule has 0 aliphatic rings. The van der Waals surface area contributed by atoms with Crippen LogP contribution in [-0.2, 0) is 28.7 Å². The number of hydrogen-bond donors (Lipinski definition) is 2. The van der Waals surface area contributed by atoms with Gasteiger partial charge in [-0.1, -0.05) is 20.8 Å². The Bertz CT molecular complexity index is 679. The first-order valence-corrected chi connectivity index (χ1v) is 8.28. The van der Waals surface area contributed by atoms with Crippen molar-refractivity contribution in [3.63, 3.8) is 0 Å². The van der Waals surface area contributed by atoms with Gasteiger partial charge in [-0.15, -0.1) is 0 Å². The van der Waals surface area contributed by atoms with Gasteiger partial charge in [0.15, 0.2) is 12.2 Å². The predicted octanol–water partition coefficient (Wildman–Crippen LogP) is 3.27. The molecule has 0 fully saturated rings. The molecular weight excluding hydrogens is 446 g/mol. The van der Waals surface area contributed by atoms with Crippen LogP contribution in [0.4, 0.5) is 26.3 Å². The highest BCUT2D eigenvalue weighted by Crippen LogP contribution is 2.28. The van der Waals surface area contributed by atoms with E-state index >= 15 is 0 Å². The number of aliphatic carboxylic acids is 2. The molecule has 178 valence electrons. The van der Waals surface area contributed by atoms with Gasteiger partial charge in [-0.2, -0.15) is 26.3 Å². The Morgan fingerprint density at radius 2 is 1.16 bits per heavy atom. The zero-order valence-electron chi connectivity index (χ0n) is 16.4. The third-order valence-electron chi connectivity index (χ3n) is 2.89. The molecule has 0 spiro atoms. The van der Waals surface area contributed by atoms with Crippen molar-refractivity contribution in [3.8, 4) is 0 Å². The Hall–Kier alpha value is -3.06. The summed E-state index contributed by atoms with van der Waals surface area (Å²) in [7, 11) is 0. The van der Waals surface area contributed by atoms with Gasteiger partial charge in [0.2, 0.25) is 0 Å². The molecule has 0 radical (unpaired) electrons. The fourth-order valence-corrected chi connectivity index (χ4v) is 1.59. The number of esters is 2. The fourth-order valence-electron chi connectivity index (χ4n) is 1.59. The Morgan fingerprint density at radius 1 is 0.774 bits per heavy atom. The van der Waals surface area contributed by atoms with Gasteiger partial charge in [0, 0.05) is 24.3 Å². The van der Waals surface area contributed by atoms with Crippen molar-refractivity contribution < 1.29 is 65.2 Å². The number of alkyl halides is 6. The highest BCUT2D eigenvalue weighted by molar-refractivity contribution is 5.91. The number of halogens is 6. The number of hydrogen-bond acceptors (Lipinski definition) is 6. The van der Waals surface area contributed by atoms with E-state index in [0.29, 0.717) is 24.3 Å². The number of carbonyl (C=O) groups is 4. The van der Waals surface area contributed by atoms with Gasteiger partial charge in [0.25, 0.3) is 0 Å². The van der Waals surface area contributed by atoms with Crippen LogP contribution in [0.25, 0.3) is 0 Å². The van der Waals surface area contributed by atoms with E-state index in [2.05, 4.69) is 9.47 Å². The zero-order chi connectivity index (χ0) is 25.0. The van der Waals surface area contributed by atoms with Gasteiger partial charge < -0.3 is 19.7 Å². The molecule has 0 aliphatic carbocycles. The highest BCUT2D eigenvalue weighted by Gasteiger charge is 2.44. The molecule has 2 N–H and O–H groups in total. The first kappa shape index (κ1) is 30.1. The van der Waals surface area contributed by atoms with Crippen LogP contribution in [0.3, 0.4) is 0 Å². The summed E-state index contributed by atoms with van der Waals surface area (Å²) >= 11 is 0. The standard InChI is InChI=1S/C9H11F3O4.C8H9F3O4/c1-5(2)8(9(10,11)12)16-7(15)4-3-6(13)14;1-2-5(8(9,10)11)15-7(14)4-3-6(12)13/h3-5,8H,1-2H3,(H,13,14);3-5H,2H2,1H3,(H,12,13)/b2*4-3+. The molecule has 0 bridgehead atoms. The van der Waals surface area contributed by atoms with E-state index in [-0.39, 0.29) is 0 Å². The van der Waals surface area contributed by atoms with Crippen molar-refractivity contribution in [1.29, 1.82) is 0 Å². The normalized spacial score (nSPS) is 14.0. The van der Waals surface area contributed by atoms with E-state index < -0.39 is 60.8 Å². The molecule has 0 amide bonds. The SMILES string of the molecule is CC(C)C(OC(=O)/C=C/C(=O)O)C(F)(F)F.CCC(OC(=O)/C=C/C(=O)O)C(F)(F)F. The van der Waals surface area contributed by atoms with E-state index in [4.69, 9.17) is 10.2 Å². The second-order valence-electron chi connectivity index (χ2n) is 5.86. The molecule has 0 saturated heterocycles. The van der Waals surface area contributed by atoms with Gasteiger partial charge in [-0.3, -0.25) is 0 Å². The van der Waals surface area contributed by atoms with Crippen molar-refractivity contribution in [2.75, 3.05) is 0 Å². The van der Waals surface area contributed by atoms with Crippen LogP contribution in [0.2, 0.25) is 0 Å². The van der Waals surface area contributed by atoms with Gasteiger partial charge >= 0.3 is 36.2 Å². The van der Waals surface area contributed by atoms with Crippen LogP contribution in [0, 0.1) is 5.92 Å². The molecule has 0 rings (SSSR count). The summed E-state index contributed by atoms with van der Waals surface area (Å²) in [5.74, 6) is -6.49. The molecule has 31 heavy (non-hydrogen) atoms. The molecule has 0 aromatic carbocycles. The second-order valence-corrected chi connectivity index (χ2v) is 5.86. The maximum absolute atomic E-state index is 12.3. The maximum Gasteiger partial charge on any atom is 0.425 e. The van der Waals surface area contributed by atoms with E-state index in [1.165, 1.54) is 20.8 Å². The average molecular weight is 466 g/mol. The quantitative estimate of drug-likeness (QED) is 0.317. The summed E-state index contributed by atoms with van der Waals surface area (Å²) in [5, 5.41) is 16.2. The molecule has 0 aromatic rings. The van der Waals surface area contributed by atoms with Crippen LogP contribution < -0.4 is 0 Å². The third kappa shape index (κ3) is 15.4. The second kappa shape index (κ2) is 13.3. The monoisotopic (exact) mass is 466 g/mol. The minimum absolute atomic E-state index is 0.408. The largest absolute Gasteiger partial charge is 0.478 e. The highest BCUT2D eigenvalue weighted by atomic mass is 19.4. The van der Waals surface area contributed by atoms with Crippen molar-refractivity contribution in [1.82, 2.24) is 0 Å². The van der Waals surface area contributed by atoms with Gasteiger partial charge in [0.05, 0.1) is 0 Å². The smallest absolute Gasteiger partial charge is 0.425 e. The van der Waals surface area contributed by atoms with Crippen LogP contribution in [0.5, 0.6) is 0 Å². The molecule has 0 aliphatic heterocycles. The van der Waals surface area contributed by atoms with E-state index in [1.807, 2.05) is 0 Å². The van der Waals surface area contributed by atoms with Crippen molar-refractivity contribution in [2.45, 2.75) is 51.8 Å². The summed E-state index contributed by atoms with van der Waals surface area (Å²) < 4.78 is 81.2. The Kier molecular flexibility index (Phi) is 12.9. The minimum atomic E-state index is -4.67. The molecular formula is C17H20F6O8. The summed E-state index contributed by atoms with van der Waals surface area (Å²) in [6, 6.07) is 0. The average Bonchev–Trinajstić information content (AvgIpc) is 2.58. The Balaban J connectivity index is 0. The third-order valence-corrected chi connectivity index (χ3v) is 2.89. The first-order valence-electron chi connectivity index (χ1n) is 8.28. The molecule has 0 heterocycles. The number of ether oxygens (including phenoxy) is 2. The van der Waals surface area contributed by atoms with Crippen molar-refractivity contribution in [3.05, 3.63) is 24.3 Å². The Morgan fingerprint density at radius 3 is 1.42 bits per heavy atom. The first-order chi connectivity index (χ1) is 13.9. The molecule has 8 nitrogen and oxygen atoms in total. The Labute approximate surface area is 172 Å². The van der Waals surface area contributed by atoms with Gasteiger partial charge in [0.1, 0.15) is 0 Å². The van der Waals surface area contributed by atoms with Crippen LogP contribution in [0.15, 0.2) is 24.3 Å². The van der Waals surface area contributed by atoms with Crippen LogP contribution in [0.1, 0.15) is 27.2 Å². The molecule has 0 saturated carbocycles. The van der Waals surface area contributed by atoms with E-state index in [9.17, 15) is 45.5 Å². The summed E-state index contributed by atoms with van der Waals surface area (Å²) in [6.45, 7) is 3.69. The fraction of sp³-hybridized carbons (Fsp3) is 0.529. The lowest BCUT2D eigenvalue weighted by Crippen LogP contribution is -2.37. The maximum atomic E-state index is 12.3. The lowest BCUT2D eigenvalue weighted by atomic mass is 10.1. The van der Waals surface area contributed by atoms with Gasteiger partial charge in [-0.05, 0) is 12.3 Å². The molecule has 0 aromatic heterocycles. The number of carboxylic acids is 2. The minimum Gasteiger partial charge on any atom is -0.478 e. The molecule has 2 atom stereocenters.